The van der Waals surface area contributed by atoms with Gasteiger partial charge in [-0.1, -0.05) is 0 Å². The van der Waals surface area contributed by atoms with Gasteiger partial charge in [0.05, 0.1) is 6.61 Å². The summed E-state index contributed by atoms with van der Waals surface area (Å²) in [6.45, 7) is 9.41. The number of benzene rings is 1. The van der Waals surface area contributed by atoms with Gasteiger partial charge in [0.1, 0.15) is 23.6 Å². The van der Waals surface area contributed by atoms with Gasteiger partial charge < -0.3 is 29.7 Å². The number of rotatable bonds is 9. The second kappa shape index (κ2) is 12.2. The molecule has 32 heavy (non-hydrogen) atoms. The summed E-state index contributed by atoms with van der Waals surface area (Å²) in [5, 5.41) is 5.39. The predicted molar refractivity (Wildman–Crippen MR) is 120 cm³/mol. The highest BCUT2D eigenvalue weighted by Crippen LogP contribution is 2.18. The molecule has 0 bridgehead atoms. The third-order valence-electron chi connectivity index (χ3n) is 4.84. The second-order valence-electron chi connectivity index (χ2n) is 8.68. The average molecular weight is 450 g/mol. The molecule has 0 atom stereocenters. The summed E-state index contributed by atoms with van der Waals surface area (Å²) in [6.07, 6.45) is 0.979. The summed E-state index contributed by atoms with van der Waals surface area (Å²) < 4.78 is 16.0. The lowest BCUT2D eigenvalue weighted by Crippen LogP contribution is -2.46. The number of nitrogens with one attached hydrogen (secondary N) is 2. The lowest BCUT2D eigenvalue weighted by Gasteiger charge is -2.32. The van der Waals surface area contributed by atoms with Crippen molar-refractivity contribution in [2.24, 2.45) is 5.92 Å². The number of carbonyl (C=O) groups excluding carboxylic acids is 3. The van der Waals surface area contributed by atoms with Gasteiger partial charge in [0.15, 0.2) is 6.61 Å². The van der Waals surface area contributed by atoms with Gasteiger partial charge in [-0.15, -0.1) is 0 Å². The molecule has 0 aromatic heterocycles. The Labute approximate surface area is 189 Å². The third kappa shape index (κ3) is 9.45. The maximum atomic E-state index is 12.3. The highest BCUT2D eigenvalue weighted by molar-refractivity contribution is 5.82. The van der Waals surface area contributed by atoms with Gasteiger partial charge in [0, 0.05) is 19.6 Å². The minimum Gasteiger partial charge on any atom is -0.494 e. The van der Waals surface area contributed by atoms with Crippen LogP contribution in [0.1, 0.15) is 40.5 Å². The molecule has 0 radical (unpaired) electrons. The van der Waals surface area contributed by atoms with Gasteiger partial charge in [0.25, 0.3) is 5.91 Å². The van der Waals surface area contributed by atoms with E-state index in [9.17, 15) is 14.4 Å². The Bertz CT molecular complexity index is 752. The maximum absolute atomic E-state index is 12.3. The largest absolute Gasteiger partial charge is 0.494 e. The van der Waals surface area contributed by atoms with Gasteiger partial charge in [-0.25, -0.2) is 4.79 Å². The molecule has 3 amide bonds. The first kappa shape index (κ1) is 25.3. The molecule has 2 rings (SSSR count). The minimum atomic E-state index is -0.602. The van der Waals surface area contributed by atoms with Crippen molar-refractivity contribution in [2.45, 2.75) is 46.1 Å². The minimum absolute atomic E-state index is 0.0539. The number of nitrogens with zero attached hydrogens (tertiary/aromatic N) is 1. The molecule has 9 nitrogen and oxygen atoms in total. The quantitative estimate of drug-likeness (QED) is 0.599. The zero-order valence-electron chi connectivity index (χ0n) is 19.4. The van der Waals surface area contributed by atoms with Crippen LogP contribution in [0.15, 0.2) is 24.3 Å². The highest BCUT2D eigenvalue weighted by atomic mass is 16.6. The van der Waals surface area contributed by atoms with E-state index in [1.54, 1.807) is 49.9 Å². The van der Waals surface area contributed by atoms with Crippen molar-refractivity contribution in [1.82, 2.24) is 15.5 Å². The molecule has 1 aliphatic heterocycles. The summed E-state index contributed by atoms with van der Waals surface area (Å²) in [4.78, 5) is 37.8. The topological polar surface area (TPSA) is 106 Å². The number of hydrogen-bond donors (Lipinski definition) is 2. The van der Waals surface area contributed by atoms with Crippen LogP contribution in [0.4, 0.5) is 4.79 Å². The number of likely N-dealkylation sites (tertiary alicyclic amines) is 1. The molecule has 9 heteroatoms. The van der Waals surface area contributed by atoms with E-state index in [-0.39, 0.29) is 25.0 Å². The summed E-state index contributed by atoms with van der Waals surface area (Å²) >= 11 is 0. The van der Waals surface area contributed by atoms with Crippen molar-refractivity contribution in [2.75, 3.05) is 39.4 Å². The van der Waals surface area contributed by atoms with E-state index >= 15 is 0 Å². The van der Waals surface area contributed by atoms with E-state index in [1.165, 1.54) is 0 Å². The van der Waals surface area contributed by atoms with Crippen LogP contribution in [-0.2, 0) is 14.3 Å². The number of piperidine rings is 1. The van der Waals surface area contributed by atoms with Crippen molar-refractivity contribution in [3.63, 3.8) is 0 Å². The molecule has 1 fully saturated rings. The number of hydrogen-bond acceptors (Lipinski definition) is 6. The van der Waals surface area contributed by atoms with Gasteiger partial charge in [-0.05, 0) is 70.7 Å². The van der Waals surface area contributed by atoms with Crippen molar-refractivity contribution < 1.29 is 28.6 Å². The Morgan fingerprint density at radius 2 is 1.59 bits per heavy atom. The van der Waals surface area contributed by atoms with Crippen LogP contribution in [0.5, 0.6) is 11.5 Å². The monoisotopic (exact) mass is 449 g/mol. The highest BCUT2D eigenvalue weighted by Gasteiger charge is 2.24. The smallest absolute Gasteiger partial charge is 0.408 e. The van der Waals surface area contributed by atoms with Gasteiger partial charge in [-0.3, -0.25) is 9.59 Å². The fraction of sp³-hybridized carbons (Fsp3) is 0.609. The van der Waals surface area contributed by atoms with E-state index in [0.29, 0.717) is 37.9 Å². The Hall–Kier alpha value is -2.97. The van der Waals surface area contributed by atoms with Gasteiger partial charge in [-0.2, -0.15) is 0 Å². The normalized spacial score (nSPS) is 14.4. The summed E-state index contributed by atoms with van der Waals surface area (Å²) in [5.74, 6) is 1.35. The number of amides is 3. The van der Waals surface area contributed by atoms with E-state index in [2.05, 4.69) is 10.6 Å². The summed E-state index contributed by atoms with van der Waals surface area (Å²) in [7, 11) is 0. The Morgan fingerprint density at radius 3 is 2.16 bits per heavy atom. The molecule has 0 saturated carbocycles. The fourth-order valence-corrected chi connectivity index (χ4v) is 3.22. The number of ether oxygens (including phenoxy) is 3. The zero-order valence-corrected chi connectivity index (χ0v) is 19.4. The van der Waals surface area contributed by atoms with E-state index in [1.807, 2.05) is 6.92 Å². The Kier molecular flexibility index (Phi) is 9.61. The first-order chi connectivity index (χ1) is 15.2. The molecule has 0 unspecified atom stereocenters. The predicted octanol–water partition coefficient (Wildman–Crippen LogP) is 2.34. The average Bonchev–Trinajstić information content (AvgIpc) is 2.75. The van der Waals surface area contributed by atoms with Crippen LogP contribution < -0.4 is 20.1 Å². The van der Waals surface area contributed by atoms with Crippen LogP contribution in [0.3, 0.4) is 0 Å². The van der Waals surface area contributed by atoms with Crippen molar-refractivity contribution in [3.05, 3.63) is 24.3 Å². The number of alkyl carbamates (subject to hydrolysis) is 1. The van der Waals surface area contributed by atoms with Crippen LogP contribution in [0, 0.1) is 5.92 Å². The van der Waals surface area contributed by atoms with Crippen LogP contribution in [-0.4, -0.2) is 67.8 Å². The Balaban J connectivity index is 1.60. The molecule has 1 heterocycles. The standard InChI is InChI=1S/C23H35N3O6/c1-5-30-18-6-8-19(9-7-18)31-16-20(27)24-14-17-10-12-26(13-11-17)21(28)15-25-22(29)32-23(2,3)4/h6-9,17H,5,10-16H2,1-4H3,(H,24,27)(H,25,29). The molecule has 178 valence electrons. The molecule has 1 saturated heterocycles. The van der Waals surface area contributed by atoms with Crippen LogP contribution >= 0.6 is 0 Å². The molecule has 1 aliphatic rings. The molecule has 0 spiro atoms. The van der Waals surface area contributed by atoms with Crippen LogP contribution in [0.2, 0.25) is 0 Å². The lowest BCUT2D eigenvalue weighted by molar-refractivity contribution is -0.132. The maximum Gasteiger partial charge on any atom is 0.408 e. The lowest BCUT2D eigenvalue weighted by atomic mass is 9.96. The van der Waals surface area contributed by atoms with Crippen LogP contribution in [0.25, 0.3) is 0 Å². The number of carbonyl (C=O) groups is 3. The SMILES string of the molecule is CCOc1ccc(OCC(=O)NCC2CCN(C(=O)CNC(=O)OC(C)(C)C)CC2)cc1. The molecular formula is C23H35N3O6. The summed E-state index contributed by atoms with van der Waals surface area (Å²) in [6, 6.07) is 7.13. The van der Waals surface area contributed by atoms with E-state index in [0.717, 1.165) is 18.6 Å². The molecule has 1 aromatic rings. The zero-order chi connectivity index (χ0) is 23.6. The third-order valence-corrected chi connectivity index (χ3v) is 4.84. The fourth-order valence-electron chi connectivity index (χ4n) is 3.22. The molecule has 2 N–H and O–H groups in total. The Morgan fingerprint density at radius 1 is 1.00 bits per heavy atom. The first-order valence-electron chi connectivity index (χ1n) is 11.0. The molecule has 1 aromatic carbocycles. The van der Waals surface area contributed by atoms with Gasteiger partial charge >= 0.3 is 6.09 Å². The van der Waals surface area contributed by atoms with Crippen molar-refractivity contribution in [3.8, 4) is 11.5 Å². The molecular weight excluding hydrogens is 414 g/mol. The van der Waals surface area contributed by atoms with Crippen molar-refractivity contribution in [1.29, 1.82) is 0 Å². The first-order valence-corrected chi connectivity index (χ1v) is 11.0. The van der Waals surface area contributed by atoms with E-state index in [4.69, 9.17) is 14.2 Å². The van der Waals surface area contributed by atoms with Crippen molar-refractivity contribution >= 4 is 17.9 Å². The second-order valence-corrected chi connectivity index (χ2v) is 8.68. The van der Waals surface area contributed by atoms with E-state index < -0.39 is 11.7 Å². The molecule has 0 aliphatic carbocycles. The van der Waals surface area contributed by atoms with Gasteiger partial charge in [0.2, 0.25) is 5.91 Å². The summed E-state index contributed by atoms with van der Waals surface area (Å²) in [5.41, 5.74) is -0.602.